The van der Waals surface area contributed by atoms with E-state index in [4.69, 9.17) is 0 Å². The van der Waals surface area contributed by atoms with Crippen molar-refractivity contribution < 1.29 is 4.79 Å². The molecule has 1 N–H and O–H groups in total. The van der Waals surface area contributed by atoms with E-state index in [2.05, 4.69) is 22.2 Å². The van der Waals surface area contributed by atoms with Crippen molar-refractivity contribution in [3.8, 4) is 0 Å². The van der Waals surface area contributed by atoms with E-state index in [1.165, 1.54) is 0 Å². The molecule has 0 saturated carbocycles. The third-order valence-electron chi connectivity index (χ3n) is 3.31. The zero-order valence-corrected chi connectivity index (χ0v) is 11.3. The van der Waals surface area contributed by atoms with Crippen molar-refractivity contribution in [2.45, 2.75) is 19.8 Å². The number of fused-ring (bicyclic) bond motifs is 2. The largest absolute Gasteiger partial charge is 0.319 e. The lowest BCUT2D eigenvalue weighted by Gasteiger charge is -2.23. The van der Waals surface area contributed by atoms with Gasteiger partial charge in [-0.15, -0.1) is 0 Å². The van der Waals surface area contributed by atoms with Crippen molar-refractivity contribution in [2.24, 2.45) is 0 Å². The first-order chi connectivity index (χ1) is 9.81. The van der Waals surface area contributed by atoms with Crippen molar-refractivity contribution in [3.63, 3.8) is 0 Å². The van der Waals surface area contributed by atoms with Crippen molar-refractivity contribution in [1.29, 1.82) is 0 Å². The number of unbranched alkanes of at least 4 members (excludes halogenated alkanes) is 1. The zero-order chi connectivity index (χ0) is 13.9. The Balaban J connectivity index is 2.15. The van der Waals surface area contributed by atoms with Gasteiger partial charge in [0.1, 0.15) is 5.82 Å². The summed E-state index contributed by atoms with van der Waals surface area (Å²) in [6.07, 6.45) is 5.53. The number of carbonyl (C=O) groups is 1. The Morgan fingerprint density at radius 1 is 1.15 bits per heavy atom. The molecule has 0 saturated heterocycles. The van der Waals surface area contributed by atoms with Crippen LogP contribution in [0.4, 0.5) is 17.3 Å². The molecule has 2 aromatic rings. The maximum absolute atomic E-state index is 12.3. The molecule has 0 radical (unpaired) electrons. The summed E-state index contributed by atoms with van der Waals surface area (Å²) in [4.78, 5) is 23.1. The summed E-state index contributed by atoms with van der Waals surface area (Å²) < 4.78 is 0. The molecular formula is C15H16N4O. The summed E-state index contributed by atoms with van der Waals surface area (Å²) >= 11 is 0. The van der Waals surface area contributed by atoms with Crippen molar-refractivity contribution in [1.82, 2.24) is 9.97 Å². The third-order valence-corrected chi connectivity index (χ3v) is 3.31. The van der Waals surface area contributed by atoms with Gasteiger partial charge in [0.2, 0.25) is 0 Å². The fourth-order valence-corrected chi connectivity index (χ4v) is 2.32. The summed E-state index contributed by atoms with van der Waals surface area (Å²) in [5, 5.41) is 2.90. The highest BCUT2D eigenvalue weighted by molar-refractivity contribution is 6.11. The summed E-state index contributed by atoms with van der Waals surface area (Å²) in [5.41, 5.74) is 1.31. The van der Waals surface area contributed by atoms with E-state index in [0.717, 1.165) is 30.9 Å². The summed E-state index contributed by atoms with van der Waals surface area (Å²) in [7, 11) is 0. The summed E-state index contributed by atoms with van der Waals surface area (Å²) in [5.74, 6) is 1.30. The van der Waals surface area contributed by atoms with Crippen LogP contribution in [0.2, 0.25) is 0 Å². The minimum Gasteiger partial charge on any atom is -0.319 e. The first kappa shape index (κ1) is 12.6. The molecule has 1 aliphatic rings. The number of hydrogen-bond donors (Lipinski definition) is 1. The third kappa shape index (κ3) is 2.11. The van der Waals surface area contributed by atoms with Crippen molar-refractivity contribution in [3.05, 3.63) is 42.2 Å². The molecule has 0 unspecified atom stereocenters. The van der Waals surface area contributed by atoms with Gasteiger partial charge in [-0.05, 0) is 30.7 Å². The number of carbonyl (C=O) groups excluding carboxylic acids is 1. The van der Waals surface area contributed by atoms with Crippen LogP contribution in [-0.4, -0.2) is 22.4 Å². The number of pyridine rings is 2. The van der Waals surface area contributed by atoms with Gasteiger partial charge in [-0.2, -0.15) is 0 Å². The summed E-state index contributed by atoms with van der Waals surface area (Å²) in [6, 6.07) is 7.26. The molecule has 0 aromatic carbocycles. The second kappa shape index (κ2) is 5.28. The second-order valence-electron chi connectivity index (χ2n) is 4.71. The number of nitrogens with zero attached hydrogens (tertiary/aromatic N) is 3. The molecule has 2 aromatic heterocycles. The van der Waals surface area contributed by atoms with Crippen LogP contribution >= 0.6 is 0 Å². The minimum atomic E-state index is -0.138. The van der Waals surface area contributed by atoms with Gasteiger partial charge in [0.25, 0.3) is 5.91 Å². The molecule has 3 heterocycles. The molecule has 3 rings (SSSR count). The van der Waals surface area contributed by atoms with Gasteiger partial charge in [-0.25, -0.2) is 9.97 Å². The molecule has 0 atom stereocenters. The average molecular weight is 268 g/mol. The van der Waals surface area contributed by atoms with Crippen LogP contribution in [0, 0.1) is 0 Å². The van der Waals surface area contributed by atoms with E-state index in [1.54, 1.807) is 24.5 Å². The van der Waals surface area contributed by atoms with Crippen LogP contribution in [0.15, 0.2) is 36.7 Å². The highest BCUT2D eigenvalue weighted by Crippen LogP contribution is 2.34. The second-order valence-corrected chi connectivity index (χ2v) is 4.71. The Bertz CT molecular complexity index is 641. The minimum absolute atomic E-state index is 0.138. The highest BCUT2D eigenvalue weighted by Gasteiger charge is 2.26. The van der Waals surface area contributed by atoms with E-state index in [1.807, 2.05) is 17.0 Å². The van der Waals surface area contributed by atoms with Crippen molar-refractivity contribution >= 4 is 23.2 Å². The van der Waals surface area contributed by atoms with Crippen LogP contribution in [0.5, 0.6) is 0 Å². The van der Waals surface area contributed by atoms with E-state index in [0.29, 0.717) is 11.4 Å². The van der Waals surface area contributed by atoms with E-state index in [-0.39, 0.29) is 5.91 Å². The number of aromatic nitrogens is 2. The number of hydrogen-bond acceptors (Lipinski definition) is 4. The molecule has 0 fully saturated rings. The Morgan fingerprint density at radius 3 is 2.70 bits per heavy atom. The molecule has 0 aliphatic carbocycles. The number of rotatable bonds is 3. The SMILES string of the molecule is CCCCN1c2ncccc2NC(=O)c2cccnc21. The number of nitrogens with one attached hydrogen (secondary N) is 1. The van der Waals surface area contributed by atoms with Crippen molar-refractivity contribution in [2.75, 3.05) is 16.8 Å². The van der Waals surface area contributed by atoms with Gasteiger partial charge in [-0.1, -0.05) is 13.3 Å². The molecule has 102 valence electrons. The molecule has 1 amide bonds. The van der Waals surface area contributed by atoms with Crippen LogP contribution in [0.25, 0.3) is 0 Å². The molecule has 5 heteroatoms. The monoisotopic (exact) mass is 268 g/mol. The Kier molecular flexibility index (Phi) is 3.33. The smallest absolute Gasteiger partial charge is 0.259 e. The van der Waals surface area contributed by atoms with Crippen LogP contribution in [0.3, 0.4) is 0 Å². The maximum atomic E-state index is 12.3. The maximum Gasteiger partial charge on any atom is 0.259 e. The predicted octanol–water partition coefficient (Wildman–Crippen LogP) is 2.98. The van der Waals surface area contributed by atoms with Gasteiger partial charge < -0.3 is 10.2 Å². The van der Waals surface area contributed by atoms with E-state index >= 15 is 0 Å². The summed E-state index contributed by atoms with van der Waals surface area (Å²) in [6.45, 7) is 2.93. The Labute approximate surface area is 117 Å². The highest BCUT2D eigenvalue weighted by atomic mass is 16.1. The van der Waals surface area contributed by atoms with Crippen LogP contribution < -0.4 is 10.2 Å². The topological polar surface area (TPSA) is 58.1 Å². The van der Waals surface area contributed by atoms with Crippen LogP contribution in [-0.2, 0) is 0 Å². The fourth-order valence-electron chi connectivity index (χ4n) is 2.32. The van der Waals surface area contributed by atoms with Crippen LogP contribution in [0.1, 0.15) is 30.1 Å². The van der Waals surface area contributed by atoms with Gasteiger partial charge in [0.05, 0.1) is 11.3 Å². The molecule has 5 nitrogen and oxygen atoms in total. The standard InChI is InChI=1S/C15H16N4O/c1-2-3-10-19-13-11(6-4-8-16-13)15(20)18-12-7-5-9-17-14(12)19/h4-9H,2-3,10H2,1H3,(H,18,20). The molecule has 0 bridgehead atoms. The Morgan fingerprint density at radius 2 is 1.90 bits per heavy atom. The molecular weight excluding hydrogens is 252 g/mol. The first-order valence-electron chi connectivity index (χ1n) is 6.80. The quantitative estimate of drug-likeness (QED) is 0.929. The molecule has 20 heavy (non-hydrogen) atoms. The van der Waals surface area contributed by atoms with Gasteiger partial charge in [0.15, 0.2) is 5.82 Å². The lowest BCUT2D eigenvalue weighted by Crippen LogP contribution is -2.21. The fraction of sp³-hybridized carbons (Fsp3) is 0.267. The average Bonchev–Trinajstić information content (AvgIpc) is 2.60. The lowest BCUT2D eigenvalue weighted by atomic mass is 10.2. The predicted molar refractivity (Wildman–Crippen MR) is 78.3 cm³/mol. The van der Waals surface area contributed by atoms with Gasteiger partial charge in [0, 0.05) is 18.9 Å². The van der Waals surface area contributed by atoms with E-state index < -0.39 is 0 Å². The zero-order valence-electron chi connectivity index (χ0n) is 11.3. The number of anilines is 3. The molecule has 0 spiro atoms. The molecule has 1 aliphatic heterocycles. The lowest BCUT2D eigenvalue weighted by molar-refractivity contribution is 0.102. The van der Waals surface area contributed by atoms with E-state index in [9.17, 15) is 4.79 Å². The Hall–Kier alpha value is -2.43. The van der Waals surface area contributed by atoms with Gasteiger partial charge >= 0.3 is 0 Å². The normalized spacial score (nSPS) is 13.2. The first-order valence-corrected chi connectivity index (χ1v) is 6.80. The van der Waals surface area contributed by atoms with Gasteiger partial charge in [-0.3, -0.25) is 4.79 Å². The number of amides is 1.